The zero-order chi connectivity index (χ0) is 25.0. The molecule has 2 aromatic carbocycles. The van der Waals surface area contributed by atoms with E-state index in [2.05, 4.69) is 24.0 Å². The number of sulfone groups is 1. The van der Waals surface area contributed by atoms with Gasteiger partial charge in [-0.05, 0) is 73.9 Å². The lowest BCUT2D eigenvalue weighted by atomic mass is 9.94. The summed E-state index contributed by atoms with van der Waals surface area (Å²) in [5, 5.41) is 0.825. The van der Waals surface area contributed by atoms with Gasteiger partial charge in [0.2, 0.25) is 10.0 Å². The summed E-state index contributed by atoms with van der Waals surface area (Å²) in [6.45, 7) is 6.48. The lowest BCUT2D eigenvalue weighted by molar-refractivity contribution is 0.390. The molecule has 10 heteroatoms. The number of nitrogens with zero attached hydrogens (tertiary/aromatic N) is 3. The number of hydrogen-bond acceptors (Lipinski definition) is 7. The first-order chi connectivity index (χ1) is 16.5. The van der Waals surface area contributed by atoms with Crippen molar-refractivity contribution in [2.24, 2.45) is 5.92 Å². The van der Waals surface area contributed by atoms with Gasteiger partial charge in [-0.25, -0.2) is 21.8 Å². The molecule has 0 radical (unpaired) electrons. The molecule has 3 aromatic rings. The highest BCUT2D eigenvalue weighted by Gasteiger charge is 2.30. The number of benzene rings is 2. The molecule has 1 fully saturated rings. The van der Waals surface area contributed by atoms with Gasteiger partial charge in [0.1, 0.15) is 9.84 Å². The molecular weight excluding hydrogens is 502 g/mol. The van der Waals surface area contributed by atoms with E-state index in [-0.39, 0.29) is 11.7 Å². The van der Waals surface area contributed by atoms with E-state index in [1.165, 1.54) is 28.7 Å². The molecule has 2 aliphatic rings. The van der Waals surface area contributed by atoms with Crippen LogP contribution < -0.4 is 4.90 Å². The van der Waals surface area contributed by atoms with Gasteiger partial charge in [-0.2, -0.15) is 4.31 Å². The van der Waals surface area contributed by atoms with Crippen molar-refractivity contribution in [2.75, 3.05) is 36.5 Å². The summed E-state index contributed by atoms with van der Waals surface area (Å²) < 4.78 is 53.0. The van der Waals surface area contributed by atoms with Gasteiger partial charge in [-0.1, -0.05) is 29.0 Å². The van der Waals surface area contributed by atoms with Crippen LogP contribution in [0.25, 0.3) is 10.2 Å². The highest BCUT2D eigenvalue weighted by Crippen LogP contribution is 2.35. The van der Waals surface area contributed by atoms with Crippen LogP contribution in [0.2, 0.25) is 0 Å². The van der Waals surface area contributed by atoms with Crippen molar-refractivity contribution in [1.29, 1.82) is 0 Å². The largest absolute Gasteiger partial charge is 0.348 e. The van der Waals surface area contributed by atoms with Gasteiger partial charge < -0.3 is 4.90 Å². The minimum Gasteiger partial charge on any atom is -0.348 e. The van der Waals surface area contributed by atoms with Crippen LogP contribution in [-0.4, -0.2) is 57.8 Å². The van der Waals surface area contributed by atoms with E-state index in [0.29, 0.717) is 31.0 Å². The molecule has 0 amide bonds. The Kier molecular flexibility index (Phi) is 6.44. The number of rotatable bonds is 5. The van der Waals surface area contributed by atoms with Crippen molar-refractivity contribution in [3.8, 4) is 0 Å². The average Bonchev–Trinajstić information content (AvgIpc) is 3.21. The summed E-state index contributed by atoms with van der Waals surface area (Å²) in [5.41, 5.74) is 5.47. The van der Waals surface area contributed by atoms with Crippen LogP contribution in [0.1, 0.15) is 35.1 Å². The van der Waals surface area contributed by atoms with Crippen molar-refractivity contribution in [2.45, 2.75) is 44.6 Å². The molecule has 0 bridgehead atoms. The smallest absolute Gasteiger partial charge is 0.243 e. The lowest BCUT2D eigenvalue weighted by Gasteiger charge is -2.32. The molecule has 188 valence electrons. The number of thiazole rings is 1. The van der Waals surface area contributed by atoms with E-state index in [4.69, 9.17) is 4.98 Å². The Labute approximate surface area is 211 Å². The molecule has 0 aliphatic carbocycles. The number of sulfonamides is 1. The predicted octanol–water partition coefficient (Wildman–Crippen LogP) is 3.92. The van der Waals surface area contributed by atoms with E-state index in [1.54, 1.807) is 22.5 Å². The summed E-state index contributed by atoms with van der Waals surface area (Å²) in [5.74, 6) is 0.283. The third-order valence-corrected chi connectivity index (χ3v) is 11.0. The van der Waals surface area contributed by atoms with E-state index >= 15 is 0 Å². The van der Waals surface area contributed by atoms with Crippen molar-refractivity contribution >= 4 is 46.5 Å². The molecule has 1 saturated heterocycles. The summed E-state index contributed by atoms with van der Waals surface area (Å²) in [7, 11) is -6.66. The second-order valence-electron chi connectivity index (χ2n) is 9.98. The van der Waals surface area contributed by atoms with Crippen LogP contribution in [0, 0.1) is 19.8 Å². The molecule has 1 aromatic heterocycles. The molecule has 1 unspecified atom stereocenters. The fourth-order valence-electron chi connectivity index (χ4n) is 5.38. The van der Waals surface area contributed by atoms with Gasteiger partial charge in [0.05, 0.1) is 20.9 Å². The van der Waals surface area contributed by atoms with Crippen molar-refractivity contribution in [3.05, 3.63) is 52.6 Å². The molecule has 0 N–H and O–H groups in total. The fraction of sp³-hybridized carbons (Fsp3) is 0.480. The van der Waals surface area contributed by atoms with E-state index in [0.717, 1.165) is 45.9 Å². The minimum atomic E-state index is -3.64. The average molecular weight is 534 g/mol. The fourth-order valence-corrected chi connectivity index (χ4v) is 9.06. The zero-order valence-electron chi connectivity index (χ0n) is 20.3. The molecule has 0 saturated carbocycles. The zero-order valence-corrected chi connectivity index (χ0v) is 22.8. The lowest BCUT2D eigenvalue weighted by Crippen LogP contribution is -2.38. The molecule has 1 atom stereocenters. The Balaban J connectivity index is 1.39. The van der Waals surface area contributed by atoms with E-state index in [9.17, 15) is 16.8 Å². The van der Waals surface area contributed by atoms with Gasteiger partial charge in [-0.15, -0.1) is 0 Å². The number of hydrogen-bond donors (Lipinski definition) is 0. The van der Waals surface area contributed by atoms with Crippen LogP contribution in [0.5, 0.6) is 0 Å². The van der Waals surface area contributed by atoms with Crippen LogP contribution in [0.4, 0.5) is 5.13 Å². The highest BCUT2D eigenvalue weighted by molar-refractivity contribution is 7.90. The van der Waals surface area contributed by atoms with Gasteiger partial charge in [-0.3, -0.25) is 0 Å². The third kappa shape index (κ3) is 5.12. The predicted molar refractivity (Wildman–Crippen MR) is 141 cm³/mol. The first-order valence-corrected chi connectivity index (χ1v) is 16.2. The van der Waals surface area contributed by atoms with Gasteiger partial charge >= 0.3 is 0 Å². The van der Waals surface area contributed by atoms with E-state index in [1.807, 2.05) is 6.92 Å². The maximum absolute atomic E-state index is 13.5. The van der Waals surface area contributed by atoms with Crippen molar-refractivity contribution < 1.29 is 16.8 Å². The third-order valence-electron chi connectivity index (χ3n) is 6.99. The maximum Gasteiger partial charge on any atom is 0.243 e. The van der Waals surface area contributed by atoms with Crippen molar-refractivity contribution in [1.82, 2.24) is 9.29 Å². The summed E-state index contributed by atoms with van der Waals surface area (Å²) in [6.07, 6.45) is 3.82. The summed E-state index contributed by atoms with van der Waals surface area (Å²) in [4.78, 5) is 7.18. The molecule has 35 heavy (non-hydrogen) atoms. The quantitative estimate of drug-likeness (QED) is 0.494. The van der Waals surface area contributed by atoms with Gasteiger partial charge in [0, 0.05) is 32.4 Å². The number of anilines is 1. The molecular formula is C25H31N3O4S3. The minimum absolute atomic E-state index is 0.0934. The first kappa shape index (κ1) is 24.7. The molecule has 0 spiro atoms. The molecule has 5 rings (SSSR count). The Morgan fingerprint density at radius 1 is 1.09 bits per heavy atom. The van der Waals surface area contributed by atoms with Gasteiger partial charge in [0.25, 0.3) is 0 Å². The Bertz CT molecular complexity index is 1500. The first-order valence-electron chi connectivity index (χ1n) is 11.9. The number of aryl methyl sites for hydroxylation is 2. The number of piperidine rings is 1. The second-order valence-corrected chi connectivity index (χ2v) is 15.1. The monoisotopic (exact) mass is 533 g/mol. The van der Waals surface area contributed by atoms with Gasteiger partial charge in [0.15, 0.2) is 5.13 Å². The maximum atomic E-state index is 13.5. The second kappa shape index (κ2) is 9.14. The molecule has 7 nitrogen and oxygen atoms in total. The molecule has 2 aliphatic heterocycles. The topological polar surface area (TPSA) is 87.7 Å². The normalized spacial score (nSPS) is 19.7. The van der Waals surface area contributed by atoms with E-state index < -0.39 is 19.9 Å². The summed E-state index contributed by atoms with van der Waals surface area (Å²) in [6, 6.07) is 9.45. The summed E-state index contributed by atoms with van der Waals surface area (Å²) >= 11 is 1.48. The Morgan fingerprint density at radius 3 is 2.66 bits per heavy atom. The van der Waals surface area contributed by atoms with Crippen LogP contribution in [0.3, 0.4) is 0 Å². The van der Waals surface area contributed by atoms with Crippen molar-refractivity contribution in [3.63, 3.8) is 0 Å². The Hall–Kier alpha value is -2.01. The van der Waals surface area contributed by atoms with Crippen LogP contribution in [-0.2, 0) is 32.8 Å². The van der Waals surface area contributed by atoms with Crippen LogP contribution >= 0.6 is 11.3 Å². The Morgan fingerprint density at radius 2 is 1.89 bits per heavy atom. The standard InChI is InChI=1S/C25H31N3O4S3/c1-17-11-18(2)22-15-28(10-8-20(22)12-17)35(31,32)21-6-7-23-24(13-21)33-25(26-23)27-9-4-5-19(14-27)16-34(3,29)30/h6-7,11-13,19H,4-5,8-10,14-16H2,1-3H3. The van der Waals surface area contributed by atoms with Crippen LogP contribution in [0.15, 0.2) is 35.2 Å². The highest BCUT2D eigenvalue weighted by atomic mass is 32.2. The number of aromatic nitrogens is 1. The SMILES string of the molecule is Cc1cc(C)c2c(c1)CCN(S(=O)(=O)c1ccc3nc(N4CCCC(CS(C)(=O)=O)C4)sc3c1)C2. The number of fused-ring (bicyclic) bond motifs is 2. The molecule has 3 heterocycles.